The number of H-pyrrole nitrogens is 1. The van der Waals surface area contributed by atoms with Gasteiger partial charge in [0.1, 0.15) is 5.69 Å². The first-order valence-electron chi connectivity index (χ1n) is 9.06. The standard InChI is InChI=1S/C21H24N2O4/c1-26-20-14-22-18(13-19(20)24)21(25)23(15-17-10-6-12-27-17)11-5-9-16-7-3-2-4-8-16/h2-5,7-9,13-14,17H,6,10-12,15H2,1H3,(H,22,24)/b9-5+/t17-/m1/s1. The van der Waals surface area contributed by atoms with Crippen molar-refractivity contribution in [3.63, 3.8) is 0 Å². The molecule has 0 saturated carbocycles. The van der Waals surface area contributed by atoms with Crippen LogP contribution in [0.15, 0.2) is 53.5 Å². The van der Waals surface area contributed by atoms with Crippen LogP contribution in [-0.4, -0.2) is 48.7 Å². The summed E-state index contributed by atoms with van der Waals surface area (Å²) in [6.07, 6.45) is 7.32. The Morgan fingerprint density at radius 3 is 2.85 bits per heavy atom. The van der Waals surface area contributed by atoms with Gasteiger partial charge in [0.15, 0.2) is 5.75 Å². The third-order valence-corrected chi connectivity index (χ3v) is 4.50. The van der Waals surface area contributed by atoms with Gasteiger partial charge >= 0.3 is 0 Å². The normalized spacial score (nSPS) is 16.6. The zero-order chi connectivity index (χ0) is 19.1. The highest BCUT2D eigenvalue weighted by atomic mass is 16.5. The lowest BCUT2D eigenvalue weighted by Crippen LogP contribution is -2.38. The molecule has 1 aliphatic rings. The molecule has 1 fully saturated rings. The monoisotopic (exact) mass is 368 g/mol. The van der Waals surface area contributed by atoms with Crippen LogP contribution in [0.3, 0.4) is 0 Å². The van der Waals surface area contributed by atoms with Gasteiger partial charge in [-0.1, -0.05) is 42.5 Å². The van der Waals surface area contributed by atoms with Crippen LogP contribution in [0.4, 0.5) is 0 Å². The van der Waals surface area contributed by atoms with E-state index in [0.717, 1.165) is 25.0 Å². The van der Waals surface area contributed by atoms with Crippen LogP contribution in [0.1, 0.15) is 28.9 Å². The van der Waals surface area contributed by atoms with Crippen molar-refractivity contribution in [2.24, 2.45) is 0 Å². The number of methoxy groups -OCH3 is 1. The number of benzene rings is 1. The molecule has 6 heteroatoms. The van der Waals surface area contributed by atoms with Gasteiger partial charge in [0.05, 0.1) is 13.2 Å². The number of aromatic nitrogens is 1. The second kappa shape index (κ2) is 9.19. The van der Waals surface area contributed by atoms with Gasteiger partial charge in [-0.2, -0.15) is 0 Å². The highest BCUT2D eigenvalue weighted by Gasteiger charge is 2.23. The summed E-state index contributed by atoms with van der Waals surface area (Å²) < 4.78 is 10.6. The summed E-state index contributed by atoms with van der Waals surface area (Å²) in [4.78, 5) is 29.5. The van der Waals surface area contributed by atoms with Crippen molar-refractivity contribution in [3.8, 4) is 5.75 Å². The molecule has 1 aromatic carbocycles. The zero-order valence-electron chi connectivity index (χ0n) is 15.4. The maximum absolute atomic E-state index is 13.0. The molecule has 1 saturated heterocycles. The molecule has 3 rings (SSSR count). The Hall–Kier alpha value is -2.86. The van der Waals surface area contributed by atoms with E-state index in [1.54, 1.807) is 4.90 Å². The van der Waals surface area contributed by atoms with E-state index in [1.807, 2.05) is 42.5 Å². The number of nitrogens with zero attached hydrogens (tertiary/aromatic N) is 1. The number of nitrogens with one attached hydrogen (secondary N) is 1. The molecule has 142 valence electrons. The minimum absolute atomic E-state index is 0.0315. The third kappa shape index (κ3) is 5.08. The average Bonchev–Trinajstić information content (AvgIpc) is 3.20. The van der Waals surface area contributed by atoms with E-state index in [-0.39, 0.29) is 28.9 Å². The molecule has 27 heavy (non-hydrogen) atoms. The first-order chi connectivity index (χ1) is 13.2. The van der Waals surface area contributed by atoms with Crippen molar-refractivity contribution in [3.05, 3.63) is 70.2 Å². The highest BCUT2D eigenvalue weighted by molar-refractivity contribution is 5.92. The Bertz CT molecular complexity index is 839. The molecule has 2 aromatic rings. The Kier molecular flexibility index (Phi) is 6.44. The Balaban J connectivity index is 1.75. The topological polar surface area (TPSA) is 71.6 Å². The lowest BCUT2D eigenvalue weighted by molar-refractivity contribution is 0.0549. The van der Waals surface area contributed by atoms with Crippen molar-refractivity contribution in [2.75, 3.05) is 26.8 Å². The fourth-order valence-corrected chi connectivity index (χ4v) is 3.07. The van der Waals surface area contributed by atoms with Crippen molar-refractivity contribution in [1.29, 1.82) is 0 Å². The largest absolute Gasteiger partial charge is 0.491 e. The number of rotatable bonds is 7. The number of ether oxygens (including phenoxy) is 2. The predicted molar refractivity (Wildman–Crippen MR) is 104 cm³/mol. The van der Waals surface area contributed by atoms with Gasteiger partial charge in [0.25, 0.3) is 5.91 Å². The number of hydrogen-bond acceptors (Lipinski definition) is 4. The predicted octanol–water partition coefficient (Wildman–Crippen LogP) is 2.72. The van der Waals surface area contributed by atoms with Crippen LogP contribution in [0.25, 0.3) is 6.08 Å². The fraction of sp³-hybridized carbons (Fsp3) is 0.333. The lowest BCUT2D eigenvalue weighted by atomic mass is 10.2. The Morgan fingerprint density at radius 2 is 2.19 bits per heavy atom. The van der Waals surface area contributed by atoms with Crippen molar-refractivity contribution >= 4 is 12.0 Å². The van der Waals surface area contributed by atoms with Crippen LogP contribution in [0.2, 0.25) is 0 Å². The van der Waals surface area contributed by atoms with E-state index >= 15 is 0 Å². The Labute approximate surface area is 158 Å². The molecule has 1 atom stereocenters. The van der Waals surface area contributed by atoms with Gasteiger partial charge in [-0.15, -0.1) is 0 Å². The van der Waals surface area contributed by atoms with Gasteiger partial charge in [0, 0.05) is 32.0 Å². The number of aromatic amines is 1. The molecule has 0 unspecified atom stereocenters. The summed E-state index contributed by atoms with van der Waals surface area (Å²) in [6, 6.07) is 11.2. The summed E-state index contributed by atoms with van der Waals surface area (Å²) in [5, 5.41) is 0. The Morgan fingerprint density at radius 1 is 1.37 bits per heavy atom. The van der Waals surface area contributed by atoms with E-state index in [9.17, 15) is 9.59 Å². The minimum Gasteiger partial charge on any atom is -0.491 e. The third-order valence-electron chi connectivity index (χ3n) is 4.50. The number of hydrogen-bond donors (Lipinski definition) is 1. The quantitative estimate of drug-likeness (QED) is 0.816. The summed E-state index contributed by atoms with van der Waals surface area (Å²) >= 11 is 0. The lowest BCUT2D eigenvalue weighted by Gasteiger charge is -2.24. The summed E-state index contributed by atoms with van der Waals surface area (Å²) in [5.74, 6) is -0.0517. The molecule has 0 bridgehead atoms. The van der Waals surface area contributed by atoms with Crippen LogP contribution >= 0.6 is 0 Å². The first-order valence-corrected chi connectivity index (χ1v) is 9.06. The van der Waals surface area contributed by atoms with E-state index in [1.165, 1.54) is 19.4 Å². The fourth-order valence-electron chi connectivity index (χ4n) is 3.07. The molecule has 1 amide bonds. The van der Waals surface area contributed by atoms with Crippen LogP contribution in [-0.2, 0) is 4.74 Å². The van der Waals surface area contributed by atoms with Gasteiger partial charge in [0.2, 0.25) is 5.43 Å². The van der Waals surface area contributed by atoms with Crippen LogP contribution < -0.4 is 10.2 Å². The van der Waals surface area contributed by atoms with Crippen molar-refractivity contribution in [2.45, 2.75) is 18.9 Å². The molecule has 0 spiro atoms. The molecule has 0 radical (unpaired) electrons. The van der Waals surface area contributed by atoms with E-state index in [2.05, 4.69) is 4.98 Å². The molecule has 1 aromatic heterocycles. The second-order valence-electron chi connectivity index (χ2n) is 6.44. The van der Waals surface area contributed by atoms with E-state index in [4.69, 9.17) is 9.47 Å². The second-order valence-corrected chi connectivity index (χ2v) is 6.44. The molecule has 1 aliphatic heterocycles. The van der Waals surface area contributed by atoms with E-state index < -0.39 is 0 Å². The summed E-state index contributed by atoms with van der Waals surface area (Å²) in [5.41, 5.74) is 0.989. The number of pyridine rings is 1. The molecule has 1 N–H and O–H groups in total. The number of amides is 1. The maximum Gasteiger partial charge on any atom is 0.270 e. The van der Waals surface area contributed by atoms with Gasteiger partial charge in [-0.05, 0) is 18.4 Å². The zero-order valence-corrected chi connectivity index (χ0v) is 15.4. The van der Waals surface area contributed by atoms with Gasteiger partial charge < -0.3 is 19.4 Å². The summed E-state index contributed by atoms with van der Waals surface area (Å²) in [6.45, 7) is 1.65. The molecule has 2 heterocycles. The van der Waals surface area contributed by atoms with Gasteiger partial charge in [-0.3, -0.25) is 9.59 Å². The van der Waals surface area contributed by atoms with Gasteiger partial charge in [-0.25, -0.2) is 0 Å². The van der Waals surface area contributed by atoms with Crippen molar-refractivity contribution < 1.29 is 14.3 Å². The molecule has 6 nitrogen and oxygen atoms in total. The minimum atomic E-state index is -0.323. The molecular weight excluding hydrogens is 344 g/mol. The maximum atomic E-state index is 13.0. The van der Waals surface area contributed by atoms with E-state index in [0.29, 0.717) is 13.1 Å². The summed E-state index contributed by atoms with van der Waals surface area (Å²) in [7, 11) is 1.42. The van der Waals surface area contributed by atoms with Crippen LogP contribution in [0.5, 0.6) is 5.75 Å². The smallest absolute Gasteiger partial charge is 0.270 e. The average molecular weight is 368 g/mol. The first kappa shape index (κ1) is 18.9. The molecule has 0 aliphatic carbocycles. The number of carbonyl (C=O) groups is 1. The highest BCUT2D eigenvalue weighted by Crippen LogP contribution is 2.15. The molecular formula is C21H24N2O4. The number of carbonyl (C=O) groups excluding carboxylic acids is 1. The van der Waals surface area contributed by atoms with Crippen LogP contribution in [0, 0.1) is 0 Å². The SMILES string of the molecule is COc1c[nH]c(C(=O)N(C/C=C/c2ccccc2)C[C@H]2CCCO2)cc1=O. The van der Waals surface area contributed by atoms with Crippen molar-refractivity contribution in [1.82, 2.24) is 9.88 Å².